The molecule has 0 saturated carbocycles. The molecule has 0 unspecified atom stereocenters. The summed E-state index contributed by atoms with van der Waals surface area (Å²) >= 11 is 5.62. The molecule has 0 radical (unpaired) electrons. The Kier molecular flexibility index (Phi) is 3.97. The molecule has 0 atom stereocenters. The minimum Gasteiger partial charge on any atom is -0.508 e. The maximum atomic E-state index is 12.1. The van der Waals surface area contributed by atoms with Gasteiger partial charge in [-0.3, -0.25) is 4.79 Å². The van der Waals surface area contributed by atoms with E-state index in [1.165, 1.54) is 17.0 Å². The van der Waals surface area contributed by atoms with Gasteiger partial charge in [0.25, 0.3) is 5.91 Å². The predicted octanol–water partition coefficient (Wildman–Crippen LogP) is 2.11. The van der Waals surface area contributed by atoms with Crippen LogP contribution >= 0.6 is 11.6 Å². The highest BCUT2D eigenvalue weighted by Gasteiger charge is 2.14. The Balaban J connectivity index is 2.09. The highest BCUT2D eigenvalue weighted by Crippen LogP contribution is 2.13. The molecule has 1 N–H and O–H groups in total. The van der Waals surface area contributed by atoms with Crippen molar-refractivity contribution >= 4 is 17.5 Å². The molecule has 0 aliphatic rings. The molecule has 0 spiro atoms. The van der Waals surface area contributed by atoms with Crippen molar-refractivity contribution in [3.05, 3.63) is 52.8 Å². The van der Waals surface area contributed by atoms with Crippen LogP contribution in [0.15, 0.2) is 36.4 Å². The van der Waals surface area contributed by atoms with Crippen LogP contribution in [0.25, 0.3) is 0 Å². The molecule has 1 aromatic carbocycles. The smallest absolute Gasteiger partial charge is 0.274 e. The molecule has 0 fully saturated rings. The topological polar surface area (TPSA) is 66.3 Å². The van der Waals surface area contributed by atoms with E-state index in [0.29, 0.717) is 6.54 Å². The maximum Gasteiger partial charge on any atom is 0.274 e. The summed E-state index contributed by atoms with van der Waals surface area (Å²) in [5, 5.41) is 17.0. The average Bonchev–Trinajstić information content (AvgIpc) is 2.39. The Labute approximate surface area is 115 Å². The summed E-state index contributed by atoms with van der Waals surface area (Å²) in [6.07, 6.45) is 0. The summed E-state index contributed by atoms with van der Waals surface area (Å²) in [6, 6.07) is 9.79. The second-order valence-electron chi connectivity index (χ2n) is 4.07. The second kappa shape index (κ2) is 5.67. The number of halogens is 1. The van der Waals surface area contributed by atoms with Gasteiger partial charge in [-0.05, 0) is 29.8 Å². The van der Waals surface area contributed by atoms with Crippen molar-refractivity contribution < 1.29 is 9.90 Å². The third-order valence-corrected chi connectivity index (χ3v) is 2.73. The van der Waals surface area contributed by atoms with Crippen molar-refractivity contribution in [2.45, 2.75) is 6.54 Å². The van der Waals surface area contributed by atoms with E-state index >= 15 is 0 Å². The Hall–Kier alpha value is -2.14. The Morgan fingerprint density at radius 2 is 2.11 bits per heavy atom. The van der Waals surface area contributed by atoms with Crippen LogP contribution < -0.4 is 0 Å². The van der Waals surface area contributed by atoms with E-state index in [1.807, 2.05) is 6.07 Å². The molecule has 2 aromatic rings. The monoisotopic (exact) mass is 277 g/mol. The zero-order valence-corrected chi connectivity index (χ0v) is 11.0. The van der Waals surface area contributed by atoms with Gasteiger partial charge in [0.2, 0.25) is 0 Å². The molecule has 2 rings (SSSR count). The highest BCUT2D eigenvalue weighted by atomic mass is 35.5. The largest absolute Gasteiger partial charge is 0.508 e. The minimum absolute atomic E-state index is 0.171. The van der Waals surface area contributed by atoms with Gasteiger partial charge in [-0.1, -0.05) is 23.7 Å². The zero-order valence-electron chi connectivity index (χ0n) is 10.2. The summed E-state index contributed by atoms with van der Waals surface area (Å²) in [4.78, 5) is 13.6. The van der Waals surface area contributed by atoms with Crippen LogP contribution in [0.2, 0.25) is 5.15 Å². The molecule has 0 saturated heterocycles. The Bertz CT molecular complexity index is 587. The fourth-order valence-corrected chi connectivity index (χ4v) is 1.73. The van der Waals surface area contributed by atoms with Crippen LogP contribution in [0.1, 0.15) is 16.1 Å². The lowest BCUT2D eigenvalue weighted by Gasteiger charge is -2.16. The molecule has 19 heavy (non-hydrogen) atoms. The fraction of sp³-hybridized carbons (Fsp3) is 0.154. The van der Waals surface area contributed by atoms with Crippen LogP contribution in [0.5, 0.6) is 5.75 Å². The van der Waals surface area contributed by atoms with Crippen LogP contribution in [0.3, 0.4) is 0 Å². The molecule has 6 heteroatoms. The summed E-state index contributed by atoms with van der Waals surface area (Å²) in [6.45, 7) is 0.373. The van der Waals surface area contributed by atoms with E-state index in [-0.39, 0.29) is 22.5 Å². The Morgan fingerprint density at radius 1 is 1.32 bits per heavy atom. The molecule has 98 valence electrons. The van der Waals surface area contributed by atoms with E-state index in [4.69, 9.17) is 11.6 Å². The van der Waals surface area contributed by atoms with Gasteiger partial charge in [-0.15, -0.1) is 10.2 Å². The molecule has 0 aliphatic heterocycles. The highest BCUT2D eigenvalue weighted by molar-refractivity contribution is 6.29. The number of hydrogen-bond donors (Lipinski definition) is 1. The zero-order chi connectivity index (χ0) is 13.8. The van der Waals surface area contributed by atoms with E-state index < -0.39 is 0 Å². The summed E-state index contributed by atoms with van der Waals surface area (Å²) in [5.74, 6) is -0.0860. The maximum absolute atomic E-state index is 12.1. The number of carbonyl (C=O) groups is 1. The van der Waals surface area contributed by atoms with Crippen LogP contribution in [-0.2, 0) is 6.54 Å². The third kappa shape index (κ3) is 3.42. The normalized spacial score (nSPS) is 10.2. The summed E-state index contributed by atoms with van der Waals surface area (Å²) in [5.41, 5.74) is 1.06. The predicted molar refractivity (Wildman–Crippen MR) is 70.9 cm³/mol. The number of nitrogens with zero attached hydrogens (tertiary/aromatic N) is 3. The lowest BCUT2D eigenvalue weighted by atomic mass is 10.2. The van der Waals surface area contributed by atoms with Gasteiger partial charge in [0.1, 0.15) is 5.75 Å². The molecular weight excluding hydrogens is 266 g/mol. The number of amides is 1. The SMILES string of the molecule is CN(Cc1cccc(O)c1)C(=O)c1ccc(Cl)nn1. The van der Waals surface area contributed by atoms with Crippen LogP contribution in [-0.4, -0.2) is 33.2 Å². The lowest BCUT2D eigenvalue weighted by Crippen LogP contribution is -2.27. The molecule has 5 nitrogen and oxygen atoms in total. The summed E-state index contributed by atoms with van der Waals surface area (Å²) < 4.78 is 0. The summed E-state index contributed by atoms with van der Waals surface area (Å²) in [7, 11) is 1.66. The molecular formula is C13H12ClN3O2. The number of aromatic nitrogens is 2. The van der Waals surface area contributed by atoms with Crippen molar-refractivity contribution in [3.63, 3.8) is 0 Å². The third-order valence-electron chi connectivity index (χ3n) is 2.53. The first-order valence-electron chi connectivity index (χ1n) is 5.59. The van der Waals surface area contributed by atoms with Crippen molar-refractivity contribution in [1.29, 1.82) is 0 Å². The number of hydrogen-bond acceptors (Lipinski definition) is 4. The van der Waals surface area contributed by atoms with E-state index in [9.17, 15) is 9.90 Å². The first-order valence-corrected chi connectivity index (χ1v) is 5.96. The van der Waals surface area contributed by atoms with Gasteiger partial charge in [0.15, 0.2) is 10.8 Å². The van der Waals surface area contributed by atoms with Gasteiger partial charge in [-0.2, -0.15) is 0 Å². The van der Waals surface area contributed by atoms with Gasteiger partial charge in [0.05, 0.1) is 0 Å². The molecule has 1 heterocycles. The number of phenols is 1. The molecule has 0 bridgehead atoms. The molecule has 0 aliphatic carbocycles. The standard InChI is InChI=1S/C13H12ClN3O2/c1-17(8-9-3-2-4-10(18)7-9)13(19)11-5-6-12(14)16-15-11/h2-7,18H,8H2,1H3. The molecule has 1 aromatic heterocycles. The van der Waals surface area contributed by atoms with Crippen molar-refractivity contribution in [2.24, 2.45) is 0 Å². The number of carbonyl (C=O) groups excluding carboxylic acids is 1. The van der Waals surface area contributed by atoms with Crippen molar-refractivity contribution in [3.8, 4) is 5.75 Å². The van der Waals surface area contributed by atoms with Gasteiger partial charge < -0.3 is 10.0 Å². The number of rotatable bonds is 3. The van der Waals surface area contributed by atoms with Gasteiger partial charge in [0, 0.05) is 13.6 Å². The van der Waals surface area contributed by atoms with E-state index in [2.05, 4.69) is 10.2 Å². The van der Waals surface area contributed by atoms with Crippen LogP contribution in [0, 0.1) is 0 Å². The van der Waals surface area contributed by atoms with Crippen LogP contribution in [0.4, 0.5) is 0 Å². The number of benzene rings is 1. The number of phenolic OH excluding ortho intramolecular Hbond substituents is 1. The van der Waals surface area contributed by atoms with E-state index in [1.54, 1.807) is 25.2 Å². The first kappa shape index (κ1) is 13.3. The quantitative estimate of drug-likeness (QED) is 0.933. The van der Waals surface area contributed by atoms with Gasteiger partial charge in [-0.25, -0.2) is 0 Å². The number of aromatic hydroxyl groups is 1. The first-order chi connectivity index (χ1) is 9.06. The average molecular weight is 278 g/mol. The van der Waals surface area contributed by atoms with E-state index in [0.717, 1.165) is 5.56 Å². The Morgan fingerprint density at radius 3 is 2.74 bits per heavy atom. The molecule has 1 amide bonds. The second-order valence-corrected chi connectivity index (χ2v) is 4.46. The minimum atomic E-state index is -0.257. The lowest BCUT2D eigenvalue weighted by molar-refractivity contribution is 0.0778. The van der Waals surface area contributed by atoms with Crippen molar-refractivity contribution in [1.82, 2.24) is 15.1 Å². The van der Waals surface area contributed by atoms with Gasteiger partial charge >= 0.3 is 0 Å². The fourth-order valence-electron chi connectivity index (χ4n) is 1.63. The van der Waals surface area contributed by atoms with Crippen molar-refractivity contribution in [2.75, 3.05) is 7.05 Å².